The number of benzene rings is 1. The summed E-state index contributed by atoms with van der Waals surface area (Å²) in [5.41, 5.74) is 3.04. The first kappa shape index (κ1) is 18.5. The van der Waals surface area contributed by atoms with Crippen LogP contribution in [0.4, 0.5) is 0 Å². The molecule has 1 aliphatic rings. The van der Waals surface area contributed by atoms with E-state index in [0.717, 1.165) is 22.2 Å². The number of fused-ring (bicyclic) bond motifs is 1. The molecule has 2 aromatic rings. The van der Waals surface area contributed by atoms with E-state index < -0.39 is 0 Å². The van der Waals surface area contributed by atoms with Gasteiger partial charge in [0.1, 0.15) is 0 Å². The number of hydrogen-bond donors (Lipinski definition) is 0. The number of rotatable bonds is 2. The van der Waals surface area contributed by atoms with Gasteiger partial charge in [-0.1, -0.05) is 39.0 Å². The Hall–Kier alpha value is -2.30. The Balaban J connectivity index is 1.69. The molecule has 1 fully saturated rings. The maximum absolute atomic E-state index is 12.9. The number of hydrogen-bond acceptors (Lipinski definition) is 2. The molecule has 2 amide bonds. The van der Waals surface area contributed by atoms with Gasteiger partial charge in [0.15, 0.2) is 0 Å². The first-order valence-corrected chi connectivity index (χ1v) is 9.30. The molecule has 0 N–H and O–H groups in total. The van der Waals surface area contributed by atoms with Crippen LogP contribution in [0, 0.1) is 12.3 Å². The smallest absolute Gasteiger partial charge is 0.228 e. The molecule has 3 rings (SSSR count). The normalized spacial score (nSPS) is 15.6. The van der Waals surface area contributed by atoms with Gasteiger partial charge in [-0.15, -0.1) is 0 Å². The molecule has 0 unspecified atom stereocenters. The summed E-state index contributed by atoms with van der Waals surface area (Å²) in [5.74, 6) is 0.307. The highest BCUT2D eigenvalue weighted by molar-refractivity contribution is 5.91. The van der Waals surface area contributed by atoms with Gasteiger partial charge in [-0.25, -0.2) is 0 Å². The van der Waals surface area contributed by atoms with E-state index in [-0.39, 0.29) is 17.2 Å². The fourth-order valence-electron chi connectivity index (χ4n) is 3.72. The number of aromatic nitrogens is 1. The standard InChI is InChI=1S/C21H29N3O2/c1-15-17(16-8-6-7-9-18(16)22(15)5)14-19(25)23-10-12-24(13-11-23)20(26)21(2,3)4/h6-9H,10-14H2,1-5H3. The molecule has 1 aromatic carbocycles. The van der Waals surface area contributed by atoms with Crippen LogP contribution in [0.15, 0.2) is 24.3 Å². The van der Waals surface area contributed by atoms with Crippen molar-refractivity contribution in [3.8, 4) is 0 Å². The summed E-state index contributed by atoms with van der Waals surface area (Å²) in [6.45, 7) is 10.4. The van der Waals surface area contributed by atoms with E-state index in [0.29, 0.717) is 32.6 Å². The van der Waals surface area contributed by atoms with Crippen LogP contribution in [0.2, 0.25) is 0 Å². The lowest BCUT2D eigenvalue weighted by Crippen LogP contribution is -2.53. The second-order valence-corrected chi connectivity index (χ2v) is 8.24. The summed E-state index contributed by atoms with van der Waals surface area (Å²) >= 11 is 0. The van der Waals surface area contributed by atoms with E-state index in [1.165, 1.54) is 0 Å². The second kappa shape index (κ2) is 6.78. The van der Waals surface area contributed by atoms with Gasteiger partial charge in [0.25, 0.3) is 0 Å². The van der Waals surface area contributed by atoms with Crippen LogP contribution < -0.4 is 0 Å². The Bertz CT molecular complexity index is 837. The monoisotopic (exact) mass is 355 g/mol. The zero-order chi connectivity index (χ0) is 19.1. The molecule has 1 aromatic heterocycles. The van der Waals surface area contributed by atoms with Crippen LogP contribution in [-0.2, 0) is 23.1 Å². The van der Waals surface area contributed by atoms with Crippen molar-refractivity contribution >= 4 is 22.7 Å². The summed E-state index contributed by atoms with van der Waals surface area (Å²) < 4.78 is 2.15. The van der Waals surface area contributed by atoms with Gasteiger partial charge in [0.05, 0.1) is 6.42 Å². The Morgan fingerprint density at radius 2 is 1.58 bits per heavy atom. The lowest BCUT2D eigenvalue weighted by molar-refractivity contribution is -0.144. The molecular weight excluding hydrogens is 326 g/mol. The van der Waals surface area contributed by atoms with E-state index in [1.54, 1.807) is 0 Å². The third kappa shape index (κ3) is 3.35. The maximum Gasteiger partial charge on any atom is 0.228 e. The number of aryl methyl sites for hydroxylation is 1. The SMILES string of the molecule is Cc1c(CC(=O)N2CCN(C(=O)C(C)(C)C)CC2)c2ccccc2n1C. The molecule has 140 valence electrons. The fourth-order valence-corrected chi connectivity index (χ4v) is 3.72. The predicted octanol–water partition coefficient (Wildman–Crippen LogP) is 2.75. The highest BCUT2D eigenvalue weighted by atomic mass is 16.2. The van der Waals surface area contributed by atoms with E-state index in [2.05, 4.69) is 23.6 Å². The van der Waals surface area contributed by atoms with Gasteiger partial charge in [0, 0.05) is 55.2 Å². The molecule has 5 heteroatoms. The van der Waals surface area contributed by atoms with Gasteiger partial charge in [-0.05, 0) is 18.6 Å². The molecule has 26 heavy (non-hydrogen) atoms. The summed E-state index contributed by atoms with van der Waals surface area (Å²) in [4.78, 5) is 29.0. The summed E-state index contributed by atoms with van der Waals surface area (Å²) in [6, 6.07) is 8.23. The molecule has 0 aliphatic carbocycles. The lowest BCUT2D eigenvalue weighted by atomic mass is 9.94. The molecule has 0 bridgehead atoms. The van der Waals surface area contributed by atoms with Gasteiger partial charge < -0.3 is 14.4 Å². The van der Waals surface area contributed by atoms with Crippen LogP contribution in [0.25, 0.3) is 10.9 Å². The maximum atomic E-state index is 12.9. The Labute approximate surface area is 155 Å². The van der Waals surface area contributed by atoms with E-state index in [1.807, 2.05) is 49.8 Å². The third-order valence-corrected chi connectivity index (χ3v) is 5.42. The number of amides is 2. The lowest BCUT2D eigenvalue weighted by Gasteiger charge is -2.37. The quantitative estimate of drug-likeness (QED) is 0.831. The van der Waals surface area contributed by atoms with Crippen molar-refractivity contribution in [2.45, 2.75) is 34.1 Å². The summed E-state index contributed by atoms with van der Waals surface area (Å²) in [5, 5.41) is 1.15. The first-order valence-electron chi connectivity index (χ1n) is 9.30. The first-order chi connectivity index (χ1) is 12.2. The minimum atomic E-state index is -0.369. The van der Waals surface area contributed by atoms with Crippen molar-refractivity contribution in [2.24, 2.45) is 12.5 Å². The third-order valence-electron chi connectivity index (χ3n) is 5.42. The minimum Gasteiger partial charge on any atom is -0.348 e. The van der Waals surface area contributed by atoms with Crippen LogP contribution in [0.1, 0.15) is 32.0 Å². The number of para-hydroxylation sites is 1. The molecule has 0 spiro atoms. The topological polar surface area (TPSA) is 45.6 Å². The van der Waals surface area contributed by atoms with Crippen molar-refractivity contribution in [2.75, 3.05) is 26.2 Å². The van der Waals surface area contributed by atoms with Crippen molar-refractivity contribution in [1.29, 1.82) is 0 Å². The minimum absolute atomic E-state index is 0.146. The molecule has 1 aliphatic heterocycles. The van der Waals surface area contributed by atoms with Crippen LogP contribution in [0.5, 0.6) is 0 Å². The number of piperazine rings is 1. The summed E-state index contributed by atoms with van der Waals surface area (Å²) in [6.07, 6.45) is 0.417. The Morgan fingerprint density at radius 3 is 2.19 bits per heavy atom. The molecule has 2 heterocycles. The zero-order valence-corrected chi connectivity index (χ0v) is 16.5. The highest BCUT2D eigenvalue weighted by Gasteiger charge is 2.31. The second-order valence-electron chi connectivity index (χ2n) is 8.24. The number of carbonyl (C=O) groups excluding carboxylic acids is 2. The summed E-state index contributed by atoms with van der Waals surface area (Å²) in [7, 11) is 2.04. The van der Waals surface area contributed by atoms with Crippen LogP contribution in [0.3, 0.4) is 0 Å². The van der Waals surface area contributed by atoms with Crippen molar-refractivity contribution in [3.05, 3.63) is 35.5 Å². The van der Waals surface area contributed by atoms with Crippen molar-refractivity contribution < 1.29 is 9.59 Å². The number of nitrogens with zero attached hydrogens (tertiary/aromatic N) is 3. The average Bonchev–Trinajstić information content (AvgIpc) is 2.86. The Kier molecular flexibility index (Phi) is 4.82. The number of carbonyl (C=O) groups is 2. The van der Waals surface area contributed by atoms with E-state index >= 15 is 0 Å². The van der Waals surface area contributed by atoms with Crippen LogP contribution in [-0.4, -0.2) is 52.4 Å². The predicted molar refractivity (Wildman–Crippen MR) is 104 cm³/mol. The molecule has 0 atom stereocenters. The van der Waals surface area contributed by atoms with Crippen molar-refractivity contribution in [3.63, 3.8) is 0 Å². The molecule has 0 radical (unpaired) electrons. The Morgan fingerprint density at radius 1 is 1.00 bits per heavy atom. The zero-order valence-electron chi connectivity index (χ0n) is 16.5. The van der Waals surface area contributed by atoms with Crippen LogP contribution >= 0.6 is 0 Å². The van der Waals surface area contributed by atoms with Crippen molar-refractivity contribution in [1.82, 2.24) is 14.4 Å². The molecule has 0 saturated carbocycles. The van der Waals surface area contributed by atoms with E-state index in [4.69, 9.17) is 0 Å². The largest absolute Gasteiger partial charge is 0.348 e. The average molecular weight is 355 g/mol. The molecule has 5 nitrogen and oxygen atoms in total. The van der Waals surface area contributed by atoms with E-state index in [9.17, 15) is 9.59 Å². The molecular formula is C21H29N3O2. The van der Waals surface area contributed by atoms with Gasteiger partial charge in [-0.3, -0.25) is 9.59 Å². The fraction of sp³-hybridized carbons (Fsp3) is 0.524. The highest BCUT2D eigenvalue weighted by Crippen LogP contribution is 2.26. The molecule has 1 saturated heterocycles. The van der Waals surface area contributed by atoms with Gasteiger partial charge in [-0.2, -0.15) is 0 Å². The van der Waals surface area contributed by atoms with Gasteiger partial charge in [0.2, 0.25) is 11.8 Å². The van der Waals surface area contributed by atoms with Gasteiger partial charge >= 0.3 is 0 Å².